The molecule has 1 aromatic heterocycles. The van der Waals surface area contributed by atoms with Crippen molar-refractivity contribution in [1.82, 2.24) is 4.98 Å². The SMILES string of the molecule is Cc1cc(Br)cnc1N1C[C@H]2COC[C@H]2C1. The van der Waals surface area contributed by atoms with E-state index in [9.17, 15) is 0 Å². The summed E-state index contributed by atoms with van der Waals surface area (Å²) in [5, 5.41) is 0. The number of fused-ring (bicyclic) bond motifs is 1. The van der Waals surface area contributed by atoms with Gasteiger partial charge in [-0.15, -0.1) is 0 Å². The van der Waals surface area contributed by atoms with Crippen molar-refractivity contribution >= 4 is 21.7 Å². The van der Waals surface area contributed by atoms with Gasteiger partial charge >= 0.3 is 0 Å². The van der Waals surface area contributed by atoms with Crippen molar-refractivity contribution in [2.24, 2.45) is 11.8 Å². The summed E-state index contributed by atoms with van der Waals surface area (Å²) in [5.74, 6) is 2.56. The summed E-state index contributed by atoms with van der Waals surface area (Å²) >= 11 is 3.45. The van der Waals surface area contributed by atoms with Crippen LogP contribution in [0.2, 0.25) is 0 Å². The smallest absolute Gasteiger partial charge is 0.131 e. The predicted molar refractivity (Wildman–Crippen MR) is 66.7 cm³/mol. The zero-order valence-electron chi connectivity index (χ0n) is 9.32. The average molecular weight is 283 g/mol. The van der Waals surface area contributed by atoms with Gasteiger partial charge in [0.25, 0.3) is 0 Å². The molecule has 0 radical (unpaired) electrons. The maximum Gasteiger partial charge on any atom is 0.131 e. The molecule has 3 nitrogen and oxygen atoms in total. The van der Waals surface area contributed by atoms with Crippen LogP contribution in [0.15, 0.2) is 16.7 Å². The van der Waals surface area contributed by atoms with Crippen LogP contribution in [-0.4, -0.2) is 31.3 Å². The molecule has 3 rings (SSSR count). The summed E-state index contributed by atoms with van der Waals surface area (Å²) in [7, 11) is 0. The molecule has 0 amide bonds. The third-order valence-corrected chi connectivity index (χ3v) is 3.99. The topological polar surface area (TPSA) is 25.4 Å². The molecule has 0 saturated carbocycles. The normalized spacial score (nSPS) is 28.5. The van der Waals surface area contributed by atoms with Crippen molar-refractivity contribution in [3.8, 4) is 0 Å². The maximum absolute atomic E-state index is 5.49. The number of aromatic nitrogens is 1. The number of nitrogens with zero attached hydrogens (tertiary/aromatic N) is 2. The number of aryl methyl sites for hydroxylation is 1. The Morgan fingerprint density at radius 3 is 2.69 bits per heavy atom. The number of halogens is 1. The van der Waals surface area contributed by atoms with Gasteiger partial charge in [-0.3, -0.25) is 0 Å². The molecule has 1 aromatic rings. The van der Waals surface area contributed by atoms with Crippen LogP contribution >= 0.6 is 15.9 Å². The Balaban J connectivity index is 1.83. The summed E-state index contributed by atoms with van der Waals surface area (Å²) in [5.41, 5.74) is 1.25. The van der Waals surface area contributed by atoms with Gasteiger partial charge in [0, 0.05) is 35.6 Å². The first-order chi connectivity index (χ1) is 7.74. The molecular formula is C12H15BrN2O. The third kappa shape index (κ3) is 1.74. The molecule has 16 heavy (non-hydrogen) atoms. The van der Waals surface area contributed by atoms with Crippen LogP contribution in [-0.2, 0) is 4.74 Å². The monoisotopic (exact) mass is 282 g/mol. The van der Waals surface area contributed by atoms with Gasteiger partial charge in [-0.2, -0.15) is 0 Å². The summed E-state index contributed by atoms with van der Waals surface area (Å²) in [4.78, 5) is 6.93. The molecule has 0 unspecified atom stereocenters. The van der Waals surface area contributed by atoms with Gasteiger partial charge in [0.1, 0.15) is 5.82 Å². The summed E-state index contributed by atoms with van der Waals surface area (Å²) in [6, 6.07) is 2.13. The molecule has 2 aliphatic rings. The van der Waals surface area contributed by atoms with Crippen LogP contribution in [0.3, 0.4) is 0 Å². The second kappa shape index (κ2) is 4.00. The zero-order valence-corrected chi connectivity index (χ0v) is 10.9. The van der Waals surface area contributed by atoms with Crippen molar-refractivity contribution in [2.75, 3.05) is 31.2 Å². The molecule has 2 saturated heterocycles. The first-order valence-corrected chi connectivity index (χ1v) is 6.48. The van der Waals surface area contributed by atoms with Crippen LogP contribution < -0.4 is 4.90 Å². The highest BCUT2D eigenvalue weighted by Crippen LogP contribution is 2.33. The molecular weight excluding hydrogens is 268 g/mol. The second-order valence-corrected chi connectivity index (χ2v) is 5.67. The first kappa shape index (κ1) is 10.5. The number of pyridine rings is 1. The summed E-state index contributed by atoms with van der Waals surface area (Å²) < 4.78 is 6.54. The lowest BCUT2D eigenvalue weighted by atomic mass is 10.0. The highest BCUT2D eigenvalue weighted by molar-refractivity contribution is 9.10. The van der Waals surface area contributed by atoms with E-state index in [0.717, 1.165) is 36.6 Å². The van der Waals surface area contributed by atoms with E-state index in [4.69, 9.17) is 4.74 Å². The van der Waals surface area contributed by atoms with Gasteiger partial charge in [-0.05, 0) is 34.5 Å². The molecule has 3 heterocycles. The van der Waals surface area contributed by atoms with Gasteiger partial charge in [0.05, 0.1) is 13.2 Å². The van der Waals surface area contributed by atoms with Gasteiger partial charge in [0.15, 0.2) is 0 Å². The van der Waals surface area contributed by atoms with E-state index in [1.165, 1.54) is 5.56 Å². The number of rotatable bonds is 1. The van der Waals surface area contributed by atoms with E-state index in [1.54, 1.807) is 0 Å². The Hall–Kier alpha value is -0.610. The Morgan fingerprint density at radius 2 is 2.06 bits per heavy atom. The van der Waals surface area contributed by atoms with Crippen LogP contribution in [0.1, 0.15) is 5.56 Å². The van der Waals surface area contributed by atoms with Gasteiger partial charge in [0.2, 0.25) is 0 Å². The molecule has 0 N–H and O–H groups in total. The number of anilines is 1. The lowest BCUT2D eigenvalue weighted by Crippen LogP contribution is -2.24. The van der Waals surface area contributed by atoms with Crippen molar-refractivity contribution in [1.29, 1.82) is 0 Å². The van der Waals surface area contributed by atoms with Gasteiger partial charge < -0.3 is 9.64 Å². The van der Waals surface area contributed by atoms with E-state index in [1.807, 2.05) is 6.20 Å². The fraction of sp³-hybridized carbons (Fsp3) is 0.583. The highest BCUT2D eigenvalue weighted by atomic mass is 79.9. The lowest BCUT2D eigenvalue weighted by Gasteiger charge is -2.20. The molecule has 0 aliphatic carbocycles. The molecule has 2 aliphatic heterocycles. The third-order valence-electron chi connectivity index (χ3n) is 3.56. The minimum absolute atomic E-state index is 0.713. The molecule has 0 bridgehead atoms. The Bertz CT molecular complexity index is 398. The van der Waals surface area contributed by atoms with Crippen LogP contribution in [0.5, 0.6) is 0 Å². The van der Waals surface area contributed by atoms with Gasteiger partial charge in [-0.25, -0.2) is 4.98 Å². The van der Waals surface area contributed by atoms with Crippen molar-refractivity contribution in [3.63, 3.8) is 0 Å². The molecule has 2 fully saturated rings. The van der Waals surface area contributed by atoms with E-state index >= 15 is 0 Å². The largest absolute Gasteiger partial charge is 0.381 e. The van der Waals surface area contributed by atoms with Crippen molar-refractivity contribution in [3.05, 3.63) is 22.3 Å². The minimum Gasteiger partial charge on any atom is -0.381 e. The first-order valence-electron chi connectivity index (χ1n) is 5.69. The average Bonchev–Trinajstić information content (AvgIpc) is 2.76. The summed E-state index contributed by atoms with van der Waals surface area (Å²) in [6.45, 7) is 6.17. The fourth-order valence-corrected chi connectivity index (χ4v) is 3.17. The Kier molecular flexibility index (Phi) is 2.64. The van der Waals surface area contributed by atoms with E-state index in [0.29, 0.717) is 11.8 Å². The van der Waals surface area contributed by atoms with E-state index in [2.05, 4.69) is 38.8 Å². The Labute approximate surface area is 104 Å². The van der Waals surface area contributed by atoms with Crippen molar-refractivity contribution in [2.45, 2.75) is 6.92 Å². The standard InChI is InChI=1S/C12H15BrN2O/c1-8-2-11(13)3-14-12(8)15-4-9-6-16-7-10(9)5-15/h2-3,9-10H,4-7H2,1H3/t9-,10+. The maximum atomic E-state index is 5.49. The molecule has 4 heteroatoms. The molecule has 0 aromatic carbocycles. The molecule has 86 valence electrons. The lowest BCUT2D eigenvalue weighted by molar-refractivity contribution is 0.177. The highest BCUT2D eigenvalue weighted by Gasteiger charge is 2.37. The molecule has 2 atom stereocenters. The van der Waals surface area contributed by atoms with Gasteiger partial charge in [-0.1, -0.05) is 0 Å². The van der Waals surface area contributed by atoms with Crippen LogP contribution in [0, 0.1) is 18.8 Å². The van der Waals surface area contributed by atoms with Crippen LogP contribution in [0.25, 0.3) is 0 Å². The van der Waals surface area contributed by atoms with E-state index < -0.39 is 0 Å². The minimum atomic E-state index is 0.713. The fourth-order valence-electron chi connectivity index (χ4n) is 2.72. The van der Waals surface area contributed by atoms with Crippen LogP contribution in [0.4, 0.5) is 5.82 Å². The number of hydrogen-bond acceptors (Lipinski definition) is 3. The molecule has 0 spiro atoms. The Morgan fingerprint density at radius 1 is 1.38 bits per heavy atom. The van der Waals surface area contributed by atoms with E-state index in [-0.39, 0.29) is 0 Å². The quantitative estimate of drug-likeness (QED) is 0.790. The zero-order chi connectivity index (χ0) is 11.1. The second-order valence-electron chi connectivity index (χ2n) is 4.76. The number of hydrogen-bond donors (Lipinski definition) is 0. The predicted octanol–water partition coefficient (Wildman–Crippen LogP) is 2.24. The number of ether oxygens (including phenoxy) is 1. The van der Waals surface area contributed by atoms with Crippen molar-refractivity contribution < 1.29 is 4.74 Å². The summed E-state index contributed by atoms with van der Waals surface area (Å²) in [6.07, 6.45) is 1.88.